The van der Waals surface area contributed by atoms with E-state index in [4.69, 9.17) is 0 Å². The number of azo groups is 2. The molecule has 0 heterocycles. The molecule has 0 amide bonds. The van der Waals surface area contributed by atoms with Gasteiger partial charge < -0.3 is 0 Å². The minimum absolute atomic E-state index is 0.292. The van der Waals surface area contributed by atoms with Crippen LogP contribution >= 0.6 is 0 Å². The van der Waals surface area contributed by atoms with Crippen molar-refractivity contribution in [1.29, 1.82) is 0 Å². The predicted molar refractivity (Wildman–Crippen MR) is 194 cm³/mol. The average Bonchev–Trinajstić information content (AvgIpc) is 3.20. The molecule has 40 nitrogen and oxygen atoms in total. The third kappa shape index (κ3) is 9.93. The zero-order chi connectivity index (χ0) is 48.7. The Hall–Kier alpha value is -11.1. The average molecular weight is 904 g/mol. The van der Waals surface area contributed by atoms with Crippen LogP contribution in [-0.2, 0) is 0 Å². The molecule has 0 radical (unpaired) electrons. The number of nitro benzene ring substituents is 12. The molecule has 4 rings (SSSR count). The van der Waals surface area contributed by atoms with Crippen molar-refractivity contribution in [1.82, 2.24) is 0 Å². The van der Waals surface area contributed by atoms with Crippen LogP contribution in [0.25, 0.3) is 0 Å². The summed E-state index contributed by atoms with van der Waals surface area (Å²) < 4.78 is 0. The quantitative estimate of drug-likeness (QED) is 0.0614. The van der Waals surface area contributed by atoms with Crippen LogP contribution in [0.4, 0.5) is 91.0 Å². The SMILES string of the molecule is O=[N+]([O-])c1cc([N+](=O)[O-])c(N=Nc2c([N+](=O)[O-])cc([N+](=O)[O-])cc2[N+](=O)[O-])c([N+](=O)[O-])c1.O=[N+]([O-])c1ccc(N=Nc2ccc([N+](=O)[O-])c([N+](=O)[O-])c2[N+](=O)[O-])c([N+](=O)[O-])c1[N+](=O)[O-]. The van der Waals surface area contributed by atoms with Gasteiger partial charge in [0.1, 0.15) is 0 Å². The van der Waals surface area contributed by atoms with E-state index in [9.17, 15) is 121 Å². The van der Waals surface area contributed by atoms with E-state index in [-0.39, 0.29) is 0 Å². The van der Waals surface area contributed by atoms with Gasteiger partial charge in [-0.2, -0.15) is 0 Å². The third-order valence-corrected chi connectivity index (χ3v) is 7.17. The molecular weight excluding hydrogens is 896 g/mol. The molecule has 0 fully saturated rings. The highest BCUT2D eigenvalue weighted by Gasteiger charge is 2.41. The smallest absolute Gasteiger partial charge is 0.258 e. The van der Waals surface area contributed by atoms with Gasteiger partial charge in [0.2, 0.25) is 11.4 Å². The van der Waals surface area contributed by atoms with Crippen molar-refractivity contribution in [3.8, 4) is 0 Å². The highest BCUT2D eigenvalue weighted by atomic mass is 16.7. The molecule has 0 bridgehead atoms. The second-order valence-corrected chi connectivity index (χ2v) is 10.8. The summed E-state index contributed by atoms with van der Waals surface area (Å²) in [5, 5.41) is 146. The molecule has 0 aliphatic carbocycles. The molecule has 0 aromatic heterocycles. The monoisotopic (exact) mass is 904 g/mol. The summed E-state index contributed by atoms with van der Waals surface area (Å²) in [6.45, 7) is 0. The Kier molecular flexibility index (Phi) is 13.8. The maximum Gasteiger partial charge on any atom is 0.424 e. The van der Waals surface area contributed by atoms with E-state index in [0.717, 1.165) is 0 Å². The standard InChI is InChI=1S/2C12H4N8O12/c21-15(22)5-1-7(17(25)26)11(8(2-5)18(27)28)13-14-12-9(19(29)30)3-6(16(23)24)4-10(12)20(31)32;21-15(22)7-3-1-5(9(17(25)26)11(7)19(29)30)13-14-6-2-4-8(16(23)24)12(20(31)32)10(6)18(27)28/h2*1-4H. The number of hydrogen-bond donors (Lipinski definition) is 0. The van der Waals surface area contributed by atoms with Gasteiger partial charge in [0.05, 0.1) is 83.3 Å². The van der Waals surface area contributed by atoms with Gasteiger partial charge in [0.15, 0.2) is 11.4 Å². The van der Waals surface area contributed by atoms with E-state index in [0.29, 0.717) is 48.5 Å². The van der Waals surface area contributed by atoms with Crippen molar-refractivity contribution < 1.29 is 59.1 Å². The van der Waals surface area contributed by atoms with Gasteiger partial charge in [-0.25, -0.2) is 0 Å². The Morgan fingerprint density at radius 2 is 0.500 bits per heavy atom. The molecular formula is C24H8N16O24. The molecule has 0 unspecified atom stereocenters. The lowest BCUT2D eigenvalue weighted by atomic mass is 10.2. The summed E-state index contributed by atoms with van der Waals surface area (Å²) in [6.07, 6.45) is 0. The normalized spacial score (nSPS) is 10.6. The summed E-state index contributed by atoms with van der Waals surface area (Å²) in [6, 6.07) is 3.31. The van der Waals surface area contributed by atoms with Crippen molar-refractivity contribution >= 4 is 91.0 Å². The second kappa shape index (κ2) is 18.6. The van der Waals surface area contributed by atoms with Crippen molar-refractivity contribution in [2.45, 2.75) is 0 Å². The van der Waals surface area contributed by atoms with Gasteiger partial charge in [-0.3, -0.25) is 121 Å². The first kappa shape index (κ1) is 47.3. The van der Waals surface area contributed by atoms with Gasteiger partial charge >= 0.3 is 56.9 Å². The van der Waals surface area contributed by atoms with Gasteiger partial charge in [0.25, 0.3) is 11.4 Å². The zero-order valence-corrected chi connectivity index (χ0v) is 29.6. The zero-order valence-electron chi connectivity index (χ0n) is 29.6. The van der Waals surface area contributed by atoms with E-state index in [2.05, 4.69) is 20.5 Å². The first-order chi connectivity index (χ1) is 29.7. The Morgan fingerprint density at radius 3 is 0.688 bits per heavy atom. The van der Waals surface area contributed by atoms with Gasteiger partial charge in [0, 0.05) is 12.1 Å². The minimum Gasteiger partial charge on any atom is -0.258 e. The number of benzene rings is 4. The lowest BCUT2D eigenvalue weighted by molar-refractivity contribution is -0.440. The Labute approximate surface area is 340 Å². The first-order valence-corrected chi connectivity index (χ1v) is 15.0. The van der Waals surface area contributed by atoms with E-state index >= 15 is 0 Å². The molecule has 0 N–H and O–H groups in total. The van der Waals surface area contributed by atoms with Crippen LogP contribution in [0.3, 0.4) is 0 Å². The van der Waals surface area contributed by atoms with Gasteiger partial charge in [-0.15, -0.1) is 20.5 Å². The summed E-state index contributed by atoms with van der Waals surface area (Å²) >= 11 is 0. The third-order valence-electron chi connectivity index (χ3n) is 7.17. The highest BCUT2D eigenvalue weighted by molar-refractivity contribution is 5.79. The van der Waals surface area contributed by atoms with Crippen LogP contribution in [0.1, 0.15) is 0 Å². The number of rotatable bonds is 16. The Morgan fingerprint density at radius 1 is 0.266 bits per heavy atom. The van der Waals surface area contributed by atoms with Crippen molar-refractivity contribution in [2.75, 3.05) is 0 Å². The molecule has 0 atom stereocenters. The Balaban J connectivity index is 0.000000340. The van der Waals surface area contributed by atoms with E-state index in [1.54, 1.807) is 0 Å². The predicted octanol–water partition coefficient (Wildman–Crippen LogP) is 7.10. The molecule has 40 heteroatoms. The first-order valence-electron chi connectivity index (χ1n) is 15.0. The van der Waals surface area contributed by atoms with Crippen molar-refractivity contribution in [2.24, 2.45) is 20.5 Å². The van der Waals surface area contributed by atoms with Crippen molar-refractivity contribution in [3.05, 3.63) is 170 Å². The van der Waals surface area contributed by atoms with Crippen LogP contribution in [0.2, 0.25) is 0 Å². The summed E-state index contributed by atoms with van der Waals surface area (Å²) in [4.78, 5) is 118. The molecule has 0 saturated heterocycles. The topological polar surface area (TPSA) is 567 Å². The molecule has 0 saturated carbocycles. The highest BCUT2D eigenvalue weighted by Crippen LogP contribution is 2.47. The summed E-state index contributed by atoms with van der Waals surface area (Å²) in [7, 11) is 0. The van der Waals surface area contributed by atoms with Crippen LogP contribution < -0.4 is 0 Å². The fraction of sp³-hybridized carbons (Fsp3) is 0. The molecule has 328 valence electrons. The fourth-order valence-electron chi connectivity index (χ4n) is 4.65. The molecule has 0 spiro atoms. The number of hydrogen-bond acceptors (Lipinski definition) is 28. The molecule has 4 aromatic rings. The fourth-order valence-corrected chi connectivity index (χ4v) is 4.65. The maximum absolute atomic E-state index is 11.3. The largest absolute Gasteiger partial charge is 0.424 e. The lowest BCUT2D eigenvalue weighted by Crippen LogP contribution is -2.02. The van der Waals surface area contributed by atoms with Crippen LogP contribution in [0.15, 0.2) is 69.0 Å². The summed E-state index contributed by atoms with van der Waals surface area (Å²) in [5.41, 5.74) is -20.3. The molecule has 64 heavy (non-hydrogen) atoms. The van der Waals surface area contributed by atoms with E-state index in [1.165, 1.54) is 0 Å². The number of nitrogens with zero attached hydrogens (tertiary/aromatic N) is 16. The van der Waals surface area contributed by atoms with E-state index in [1.807, 2.05) is 0 Å². The van der Waals surface area contributed by atoms with Gasteiger partial charge in [-0.05, 0) is 12.1 Å². The summed E-state index contributed by atoms with van der Waals surface area (Å²) in [5.74, 6) is 0. The van der Waals surface area contributed by atoms with Gasteiger partial charge in [-0.1, -0.05) is 0 Å². The molecule has 4 aromatic carbocycles. The maximum atomic E-state index is 11.3. The van der Waals surface area contributed by atoms with Crippen LogP contribution in [-0.4, -0.2) is 59.1 Å². The van der Waals surface area contributed by atoms with Crippen LogP contribution in [0.5, 0.6) is 0 Å². The van der Waals surface area contributed by atoms with E-state index < -0.39 is 150 Å². The minimum atomic E-state index is -1.55. The van der Waals surface area contributed by atoms with Crippen molar-refractivity contribution in [3.63, 3.8) is 0 Å². The van der Waals surface area contributed by atoms with Crippen LogP contribution in [0, 0.1) is 121 Å². The number of non-ortho nitro benzene ring substituents is 2. The molecule has 0 aliphatic heterocycles. The molecule has 0 aliphatic rings. The number of nitro groups is 12. The Bertz CT molecular complexity index is 2630. The second-order valence-electron chi connectivity index (χ2n) is 10.8. The lowest BCUT2D eigenvalue weighted by Gasteiger charge is -2.01.